The van der Waals surface area contributed by atoms with E-state index in [0.29, 0.717) is 29.6 Å². The van der Waals surface area contributed by atoms with E-state index in [1.54, 1.807) is 10.8 Å². The van der Waals surface area contributed by atoms with Gasteiger partial charge in [-0.1, -0.05) is 24.3 Å². The van der Waals surface area contributed by atoms with Crippen LogP contribution in [0.3, 0.4) is 0 Å². The lowest BCUT2D eigenvalue weighted by Crippen LogP contribution is -2.19. The highest BCUT2D eigenvalue weighted by Crippen LogP contribution is 2.14. The van der Waals surface area contributed by atoms with Crippen molar-refractivity contribution in [1.29, 1.82) is 0 Å². The predicted octanol–water partition coefficient (Wildman–Crippen LogP) is 1.50. The number of rotatable bonds is 5. The third kappa shape index (κ3) is 3.28. The van der Waals surface area contributed by atoms with Gasteiger partial charge < -0.3 is 15.6 Å². The number of aromatic nitrogens is 4. The maximum atomic E-state index is 12.3. The van der Waals surface area contributed by atoms with E-state index in [9.17, 15) is 4.79 Å². The number of fused-ring (bicyclic) bond motifs is 1. The molecular formula is C18H22N6O. The molecule has 3 heterocycles. The van der Waals surface area contributed by atoms with Gasteiger partial charge in [-0.05, 0) is 43.5 Å². The van der Waals surface area contributed by atoms with Crippen molar-refractivity contribution in [2.75, 3.05) is 25.0 Å². The summed E-state index contributed by atoms with van der Waals surface area (Å²) in [6.45, 7) is 5.48. The van der Waals surface area contributed by atoms with Crippen LogP contribution in [0.25, 0.3) is 11.2 Å². The number of aromatic amines is 1. The largest absolute Gasteiger partial charge is 0.354 e. The summed E-state index contributed by atoms with van der Waals surface area (Å²) < 4.78 is 1.67. The number of H-pyrrole nitrogens is 1. The van der Waals surface area contributed by atoms with E-state index >= 15 is 0 Å². The summed E-state index contributed by atoms with van der Waals surface area (Å²) in [6, 6.07) is 8.07. The van der Waals surface area contributed by atoms with Gasteiger partial charge >= 0.3 is 5.69 Å². The monoisotopic (exact) mass is 338 g/mol. The Bertz CT molecular complexity index is 938. The molecule has 0 bridgehead atoms. The van der Waals surface area contributed by atoms with Gasteiger partial charge in [0.05, 0.1) is 12.7 Å². The molecule has 0 spiro atoms. The Morgan fingerprint density at radius 3 is 3.04 bits per heavy atom. The fourth-order valence-electron chi connectivity index (χ4n) is 3.26. The maximum absolute atomic E-state index is 12.3. The van der Waals surface area contributed by atoms with Gasteiger partial charge in [-0.2, -0.15) is 4.98 Å². The molecule has 1 aliphatic rings. The second-order valence-corrected chi connectivity index (χ2v) is 6.61. The summed E-state index contributed by atoms with van der Waals surface area (Å²) in [5.74, 6) is 1.16. The molecular weight excluding hydrogens is 316 g/mol. The normalized spacial score (nSPS) is 17.2. The molecule has 0 amide bonds. The molecule has 7 heteroatoms. The third-order valence-corrected chi connectivity index (χ3v) is 4.81. The maximum Gasteiger partial charge on any atom is 0.328 e. The van der Waals surface area contributed by atoms with Crippen molar-refractivity contribution in [2.45, 2.75) is 19.9 Å². The summed E-state index contributed by atoms with van der Waals surface area (Å²) in [4.78, 5) is 24.1. The molecule has 4 rings (SSSR count). The van der Waals surface area contributed by atoms with E-state index in [0.717, 1.165) is 37.2 Å². The molecule has 25 heavy (non-hydrogen) atoms. The van der Waals surface area contributed by atoms with Crippen molar-refractivity contribution in [1.82, 2.24) is 24.8 Å². The molecule has 1 saturated heterocycles. The average molecular weight is 338 g/mol. The predicted molar refractivity (Wildman–Crippen MR) is 97.9 cm³/mol. The van der Waals surface area contributed by atoms with Crippen molar-refractivity contribution in [2.24, 2.45) is 5.92 Å². The SMILES string of the molecule is Cc1ccccc1Cn1c(=O)[nH]c2cnc(NCC3CCNC3)nc21. The first-order valence-electron chi connectivity index (χ1n) is 8.65. The van der Waals surface area contributed by atoms with Crippen LogP contribution < -0.4 is 16.3 Å². The lowest BCUT2D eigenvalue weighted by molar-refractivity contribution is 0.613. The summed E-state index contributed by atoms with van der Waals surface area (Å²) in [5.41, 5.74) is 3.40. The Balaban J connectivity index is 1.62. The second kappa shape index (κ2) is 6.68. The highest BCUT2D eigenvalue weighted by atomic mass is 16.1. The number of benzene rings is 1. The fraction of sp³-hybridized carbons (Fsp3) is 0.389. The average Bonchev–Trinajstić information content (AvgIpc) is 3.23. The quantitative estimate of drug-likeness (QED) is 0.656. The smallest absolute Gasteiger partial charge is 0.328 e. The van der Waals surface area contributed by atoms with Gasteiger partial charge in [-0.3, -0.25) is 4.57 Å². The van der Waals surface area contributed by atoms with Crippen LogP contribution >= 0.6 is 0 Å². The number of aryl methyl sites for hydroxylation is 1. The Kier molecular flexibility index (Phi) is 4.23. The molecule has 3 N–H and O–H groups in total. The molecule has 7 nitrogen and oxygen atoms in total. The topological polar surface area (TPSA) is 87.6 Å². The Labute approximate surface area is 145 Å². The van der Waals surface area contributed by atoms with Gasteiger partial charge in [0.15, 0.2) is 5.65 Å². The van der Waals surface area contributed by atoms with Crippen LogP contribution in [0.2, 0.25) is 0 Å². The lowest BCUT2D eigenvalue weighted by atomic mass is 10.1. The minimum absolute atomic E-state index is 0.162. The molecule has 0 aliphatic carbocycles. The van der Waals surface area contributed by atoms with Gasteiger partial charge in [0.2, 0.25) is 5.95 Å². The van der Waals surface area contributed by atoms with Gasteiger partial charge in [0.1, 0.15) is 5.52 Å². The number of nitrogens with one attached hydrogen (secondary N) is 3. The zero-order valence-corrected chi connectivity index (χ0v) is 14.2. The van der Waals surface area contributed by atoms with Crippen molar-refractivity contribution in [3.05, 3.63) is 52.1 Å². The van der Waals surface area contributed by atoms with Crippen molar-refractivity contribution in [3.63, 3.8) is 0 Å². The molecule has 1 aliphatic heterocycles. The van der Waals surface area contributed by atoms with Gasteiger partial charge in [0.25, 0.3) is 0 Å². The first-order chi connectivity index (χ1) is 12.2. The molecule has 0 saturated carbocycles. The number of anilines is 1. The van der Waals surface area contributed by atoms with E-state index in [1.807, 2.05) is 31.2 Å². The van der Waals surface area contributed by atoms with E-state index < -0.39 is 0 Å². The molecule has 3 aromatic rings. The number of hydrogen-bond acceptors (Lipinski definition) is 5. The molecule has 1 atom stereocenters. The van der Waals surface area contributed by atoms with E-state index in [-0.39, 0.29) is 5.69 Å². The molecule has 1 unspecified atom stereocenters. The van der Waals surface area contributed by atoms with Gasteiger partial charge in [-0.15, -0.1) is 0 Å². The van der Waals surface area contributed by atoms with Crippen LogP contribution in [0.1, 0.15) is 17.5 Å². The number of nitrogens with zero attached hydrogens (tertiary/aromatic N) is 3. The molecule has 0 radical (unpaired) electrons. The van der Waals surface area contributed by atoms with Gasteiger partial charge in [-0.25, -0.2) is 9.78 Å². The van der Waals surface area contributed by atoms with Crippen molar-refractivity contribution >= 4 is 17.1 Å². The number of hydrogen-bond donors (Lipinski definition) is 3. The van der Waals surface area contributed by atoms with Crippen molar-refractivity contribution < 1.29 is 0 Å². The van der Waals surface area contributed by atoms with Crippen molar-refractivity contribution in [3.8, 4) is 0 Å². The minimum atomic E-state index is -0.162. The Hall–Kier alpha value is -2.67. The van der Waals surface area contributed by atoms with E-state index in [2.05, 4.69) is 25.6 Å². The van der Waals surface area contributed by atoms with Crippen LogP contribution in [0.15, 0.2) is 35.3 Å². The minimum Gasteiger partial charge on any atom is -0.354 e. The van der Waals surface area contributed by atoms with E-state index in [4.69, 9.17) is 0 Å². The lowest BCUT2D eigenvalue weighted by Gasteiger charge is -2.10. The van der Waals surface area contributed by atoms with Gasteiger partial charge in [0, 0.05) is 6.54 Å². The zero-order chi connectivity index (χ0) is 17.2. The zero-order valence-electron chi connectivity index (χ0n) is 14.2. The summed E-state index contributed by atoms with van der Waals surface area (Å²) in [7, 11) is 0. The summed E-state index contributed by atoms with van der Waals surface area (Å²) in [6.07, 6.45) is 2.84. The van der Waals surface area contributed by atoms with E-state index in [1.165, 1.54) is 0 Å². The highest BCUT2D eigenvalue weighted by Gasteiger charge is 2.15. The molecule has 1 fully saturated rings. The standard InChI is InChI=1S/C18H22N6O/c1-12-4-2-3-5-14(12)11-24-16-15(22-18(24)25)10-21-17(23-16)20-9-13-6-7-19-8-13/h2-5,10,13,19H,6-9,11H2,1H3,(H,22,25)(H,20,21,23). The molecule has 2 aromatic heterocycles. The third-order valence-electron chi connectivity index (χ3n) is 4.81. The van der Waals surface area contributed by atoms with Crippen LogP contribution in [-0.4, -0.2) is 39.2 Å². The number of imidazole rings is 1. The summed E-state index contributed by atoms with van der Waals surface area (Å²) >= 11 is 0. The molecule has 1 aromatic carbocycles. The van der Waals surface area contributed by atoms with Crippen LogP contribution in [0, 0.1) is 12.8 Å². The van der Waals surface area contributed by atoms with Crippen LogP contribution in [0.5, 0.6) is 0 Å². The Morgan fingerprint density at radius 1 is 1.36 bits per heavy atom. The first kappa shape index (κ1) is 15.8. The molecule has 130 valence electrons. The second-order valence-electron chi connectivity index (χ2n) is 6.61. The Morgan fingerprint density at radius 2 is 2.24 bits per heavy atom. The highest BCUT2D eigenvalue weighted by molar-refractivity contribution is 5.71. The first-order valence-corrected chi connectivity index (χ1v) is 8.65. The van der Waals surface area contributed by atoms with Crippen LogP contribution in [-0.2, 0) is 6.54 Å². The fourth-order valence-corrected chi connectivity index (χ4v) is 3.26. The van der Waals surface area contributed by atoms with Crippen LogP contribution in [0.4, 0.5) is 5.95 Å². The summed E-state index contributed by atoms with van der Waals surface area (Å²) in [5, 5.41) is 6.65.